The number of nitrogens with one attached hydrogen (secondary N) is 1. The zero-order chi connectivity index (χ0) is 17.8. The minimum Gasteiger partial charge on any atom is -0.320 e. The summed E-state index contributed by atoms with van der Waals surface area (Å²) >= 11 is 0. The summed E-state index contributed by atoms with van der Waals surface area (Å²) in [5, 5.41) is 2.97. The first-order valence-electron chi connectivity index (χ1n) is 8.65. The van der Waals surface area contributed by atoms with Gasteiger partial charge in [-0.25, -0.2) is 9.18 Å². The van der Waals surface area contributed by atoms with E-state index in [4.69, 9.17) is 0 Å². The Kier molecular flexibility index (Phi) is 5.34. The average molecular weight is 341 g/mol. The van der Waals surface area contributed by atoms with Gasteiger partial charge in [0.05, 0.1) is 0 Å². The molecule has 0 saturated carbocycles. The summed E-state index contributed by atoms with van der Waals surface area (Å²) in [6.07, 6.45) is 0.979. The van der Waals surface area contributed by atoms with E-state index in [1.807, 2.05) is 35.2 Å². The van der Waals surface area contributed by atoms with Gasteiger partial charge in [-0.15, -0.1) is 0 Å². The number of amides is 2. The fourth-order valence-corrected chi connectivity index (χ4v) is 3.28. The van der Waals surface area contributed by atoms with Gasteiger partial charge in [-0.1, -0.05) is 24.3 Å². The van der Waals surface area contributed by atoms with Crippen LogP contribution in [0.3, 0.4) is 0 Å². The molecule has 1 fully saturated rings. The van der Waals surface area contributed by atoms with Crippen LogP contribution in [0.25, 0.3) is 11.1 Å². The van der Waals surface area contributed by atoms with Crippen molar-refractivity contribution < 1.29 is 9.18 Å². The molecule has 2 aromatic rings. The Morgan fingerprint density at radius 3 is 2.60 bits per heavy atom. The SMILES string of the molecule is CC1CN(C)CCCN1C(=O)Nc1ccc(-c2cccc(F)c2)cc1. The molecule has 1 aliphatic heterocycles. The molecular weight excluding hydrogens is 317 g/mol. The molecule has 1 atom stereocenters. The molecule has 5 heteroatoms. The van der Waals surface area contributed by atoms with E-state index in [1.165, 1.54) is 12.1 Å². The maximum atomic E-state index is 13.3. The van der Waals surface area contributed by atoms with Gasteiger partial charge in [0.2, 0.25) is 0 Å². The van der Waals surface area contributed by atoms with Crippen LogP contribution in [0.4, 0.5) is 14.9 Å². The quantitative estimate of drug-likeness (QED) is 0.894. The fourth-order valence-electron chi connectivity index (χ4n) is 3.28. The lowest BCUT2D eigenvalue weighted by atomic mass is 10.1. The van der Waals surface area contributed by atoms with E-state index in [1.54, 1.807) is 6.07 Å². The highest BCUT2D eigenvalue weighted by Gasteiger charge is 2.23. The number of anilines is 1. The Morgan fingerprint density at radius 2 is 1.88 bits per heavy atom. The Morgan fingerprint density at radius 1 is 1.12 bits per heavy atom. The molecule has 0 bridgehead atoms. The summed E-state index contributed by atoms with van der Waals surface area (Å²) in [5.41, 5.74) is 2.49. The van der Waals surface area contributed by atoms with Gasteiger partial charge >= 0.3 is 6.03 Å². The second-order valence-corrected chi connectivity index (χ2v) is 6.68. The third kappa shape index (κ3) is 4.37. The van der Waals surface area contributed by atoms with Crippen molar-refractivity contribution in [2.45, 2.75) is 19.4 Å². The Bertz CT molecular complexity index is 732. The van der Waals surface area contributed by atoms with Gasteiger partial charge in [0, 0.05) is 24.8 Å². The first-order chi connectivity index (χ1) is 12.0. The Hall–Kier alpha value is -2.40. The van der Waals surface area contributed by atoms with Crippen LogP contribution in [0.5, 0.6) is 0 Å². The van der Waals surface area contributed by atoms with Gasteiger partial charge in [0.25, 0.3) is 0 Å². The number of halogens is 1. The number of carbonyl (C=O) groups excluding carboxylic acids is 1. The van der Waals surface area contributed by atoms with Gasteiger partial charge in [-0.05, 0) is 62.3 Å². The predicted molar refractivity (Wildman–Crippen MR) is 99.1 cm³/mol. The van der Waals surface area contributed by atoms with Crippen molar-refractivity contribution in [3.63, 3.8) is 0 Å². The molecule has 3 rings (SSSR count). The number of hydrogen-bond donors (Lipinski definition) is 1. The van der Waals surface area contributed by atoms with E-state index in [-0.39, 0.29) is 17.9 Å². The van der Waals surface area contributed by atoms with E-state index < -0.39 is 0 Å². The van der Waals surface area contributed by atoms with Crippen molar-refractivity contribution in [2.24, 2.45) is 0 Å². The highest BCUT2D eigenvalue weighted by atomic mass is 19.1. The van der Waals surface area contributed by atoms with Crippen LogP contribution < -0.4 is 5.32 Å². The van der Waals surface area contributed by atoms with Crippen LogP contribution >= 0.6 is 0 Å². The summed E-state index contributed by atoms with van der Waals surface area (Å²) in [7, 11) is 2.09. The van der Waals surface area contributed by atoms with Gasteiger partial charge in [-0.2, -0.15) is 0 Å². The Labute approximate surface area is 148 Å². The normalized spacial score (nSPS) is 18.7. The number of rotatable bonds is 2. The molecule has 2 aromatic carbocycles. The largest absolute Gasteiger partial charge is 0.322 e. The monoisotopic (exact) mass is 341 g/mol. The van der Waals surface area contributed by atoms with E-state index in [0.717, 1.165) is 42.9 Å². The Balaban J connectivity index is 1.67. The summed E-state index contributed by atoms with van der Waals surface area (Å²) in [5.74, 6) is -0.255. The number of likely N-dealkylation sites (N-methyl/N-ethyl adjacent to an activating group) is 1. The van der Waals surface area contributed by atoms with Crippen LogP contribution in [0, 0.1) is 5.82 Å². The molecule has 1 aliphatic rings. The molecule has 2 amide bonds. The van der Waals surface area contributed by atoms with E-state index in [9.17, 15) is 9.18 Å². The lowest BCUT2D eigenvalue weighted by molar-refractivity contribution is 0.190. The summed E-state index contributed by atoms with van der Waals surface area (Å²) < 4.78 is 13.3. The molecule has 1 N–H and O–H groups in total. The van der Waals surface area contributed by atoms with Crippen molar-refractivity contribution in [3.8, 4) is 11.1 Å². The van der Waals surface area contributed by atoms with Crippen molar-refractivity contribution in [2.75, 3.05) is 32.0 Å². The van der Waals surface area contributed by atoms with Crippen LogP contribution in [-0.2, 0) is 0 Å². The fraction of sp³-hybridized carbons (Fsp3) is 0.350. The maximum Gasteiger partial charge on any atom is 0.322 e. The lowest BCUT2D eigenvalue weighted by Crippen LogP contribution is -2.44. The number of benzene rings is 2. The molecule has 0 spiro atoms. The first kappa shape index (κ1) is 17.4. The van der Waals surface area contributed by atoms with Crippen LogP contribution in [0.15, 0.2) is 48.5 Å². The summed E-state index contributed by atoms with van der Waals surface area (Å²) in [4.78, 5) is 16.7. The number of urea groups is 1. The molecule has 1 unspecified atom stereocenters. The van der Waals surface area contributed by atoms with E-state index >= 15 is 0 Å². The van der Waals surface area contributed by atoms with Gasteiger partial charge in [0.15, 0.2) is 0 Å². The molecule has 132 valence electrons. The molecule has 0 aliphatic carbocycles. The number of carbonyl (C=O) groups is 1. The van der Waals surface area contributed by atoms with Crippen LogP contribution in [0.1, 0.15) is 13.3 Å². The minimum atomic E-state index is -0.255. The van der Waals surface area contributed by atoms with E-state index in [0.29, 0.717) is 0 Å². The topological polar surface area (TPSA) is 35.6 Å². The maximum absolute atomic E-state index is 13.3. The lowest BCUT2D eigenvalue weighted by Gasteiger charge is -2.28. The van der Waals surface area contributed by atoms with Gasteiger partial charge in [0.1, 0.15) is 5.82 Å². The molecule has 0 aromatic heterocycles. The molecule has 25 heavy (non-hydrogen) atoms. The smallest absolute Gasteiger partial charge is 0.320 e. The van der Waals surface area contributed by atoms with Crippen LogP contribution in [-0.4, -0.2) is 48.6 Å². The highest BCUT2D eigenvalue weighted by Crippen LogP contribution is 2.22. The van der Waals surface area contributed by atoms with Crippen molar-refractivity contribution in [1.82, 2.24) is 9.80 Å². The minimum absolute atomic E-state index is 0.0682. The second-order valence-electron chi connectivity index (χ2n) is 6.68. The number of nitrogens with zero attached hydrogens (tertiary/aromatic N) is 2. The molecule has 1 saturated heterocycles. The summed E-state index contributed by atoms with van der Waals surface area (Å²) in [6, 6.07) is 14.1. The second kappa shape index (κ2) is 7.66. The zero-order valence-electron chi connectivity index (χ0n) is 14.7. The molecule has 4 nitrogen and oxygen atoms in total. The van der Waals surface area contributed by atoms with Gasteiger partial charge in [-0.3, -0.25) is 0 Å². The van der Waals surface area contributed by atoms with Gasteiger partial charge < -0.3 is 15.1 Å². The highest BCUT2D eigenvalue weighted by molar-refractivity contribution is 5.90. The number of hydrogen-bond acceptors (Lipinski definition) is 2. The van der Waals surface area contributed by atoms with Crippen molar-refractivity contribution in [1.29, 1.82) is 0 Å². The third-order valence-corrected chi connectivity index (χ3v) is 4.60. The molecule has 1 heterocycles. The first-order valence-corrected chi connectivity index (χ1v) is 8.65. The summed E-state index contributed by atoms with van der Waals surface area (Å²) in [6.45, 7) is 4.73. The average Bonchev–Trinajstić information content (AvgIpc) is 2.75. The third-order valence-electron chi connectivity index (χ3n) is 4.60. The van der Waals surface area contributed by atoms with Crippen LogP contribution in [0.2, 0.25) is 0 Å². The van der Waals surface area contributed by atoms with Crippen molar-refractivity contribution in [3.05, 3.63) is 54.3 Å². The standard InChI is InChI=1S/C20H24FN3O/c1-15-14-23(2)11-4-12-24(15)20(25)22-19-9-7-16(8-10-19)17-5-3-6-18(21)13-17/h3,5-10,13,15H,4,11-12,14H2,1-2H3,(H,22,25). The molecular formula is C20H24FN3O. The van der Waals surface area contributed by atoms with Crippen molar-refractivity contribution >= 4 is 11.7 Å². The molecule has 0 radical (unpaired) electrons. The zero-order valence-corrected chi connectivity index (χ0v) is 14.7. The predicted octanol–water partition coefficient (Wildman–Crippen LogP) is 4.05. The van der Waals surface area contributed by atoms with E-state index in [2.05, 4.69) is 24.2 Å².